The number of hydrogen-bond acceptors (Lipinski definition) is 4. The van der Waals surface area contributed by atoms with E-state index in [1.807, 2.05) is 60.5 Å². The first-order valence-electron chi connectivity index (χ1n) is 13.7. The molecule has 0 spiro atoms. The summed E-state index contributed by atoms with van der Waals surface area (Å²) >= 11 is 12.3. The first-order valence-corrected chi connectivity index (χ1v) is 15.9. The number of halogens is 2. The molecule has 0 radical (unpaired) electrons. The summed E-state index contributed by atoms with van der Waals surface area (Å²) in [6.07, 6.45) is 4.22. The third kappa shape index (κ3) is 6.09. The summed E-state index contributed by atoms with van der Waals surface area (Å²) in [5.41, 5.74) is 3.73. The number of sulfonamides is 1. The van der Waals surface area contributed by atoms with E-state index in [0.717, 1.165) is 61.0 Å². The number of nitrogens with zero attached hydrogens (tertiary/aromatic N) is 3. The SMILES string of the molecule is CN(C(=O)Cc1ccc(Cl)c(Cl)c1)[C@@H]1c2cc(S(=O)(=O)N(C)Cc3ccccc3)ccc2CC[C@H]1N1CCCC1. The summed E-state index contributed by atoms with van der Waals surface area (Å²) in [5.74, 6) is -0.0464. The smallest absolute Gasteiger partial charge is 0.243 e. The van der Waals surface area contributed by atoms with E-state index in [4.69, 9.17) is 23.2 Å². The Morgan fingerprint density at radius 1 is 0.925 bits per heavy atom. The van der Waals surface area contributed by atoms with Crippen LogP contribution in [0.3, 0.4) is 0 Å². The van der Waals surface area contributed by atoms with Crippen LogP contribution >= 0.6 is 23.2 Å². The summed E-state index contributed by atoms with van der Waals surface area (Å²) in [6.45, 7) is 2.26. The van der Waals surface area contributed by atoms with Crippen LogP contribution < -0.4 is 0 Å². The molecule has 212 valence electrons. The highest BCUT2D eigenvalue weighted by atomic mass is 35.5. The molecule has 0 aromatic heterocycles. The lowest BCUT2D eigenvalue weighted by Gasteiger charge is -2.43. The number of fused-ring (bicyclic) bond motifs is 1. The van der Waals surface area contributed by atoms with Crippen molar-refractivity contribution in [3.8, 4) is 0 Å². The Morgan fingerprint density at radius 3 is 2.35 bits per heavy atom. The molecule has 1 aliphatic heterocycles. The molecule has 3 aromatic rings. The third-order valence-corrected chi connectivity index (χ3v) is 10.8. The van der Waals surface area contributed by atoms with Gasteiger partial charge in [-0.05, 0) is 85.3 Å². The van der Waals surface area contributed by atoms with E-state index in [-0.39, 0.29) is 35.9 Å². The molecule has 6 nitrogen and oxygen atoms in total. The van der Waals surface area contributed by atoms with Crippen molar-refractivity contribution in [2.24, 2.45) is 0 Å². The lowest BCUT2D eigenvalue weighted by Crippen LogP contribution is -2.48. The molecule has 9 heteroatoms. The normalized spacial score (nSPS) is 19.5. The zero-order valence-corrected chi connectivity index (χ0v) is 25.2. The number of benzene rings is 3. The maximum Gasteiger partial charge on any atom is 0.243 e. The van der Waals surface area contributed by atoms with Gasteiger partial charge in [-0.1, -0.05) is 65.7 Å². The summed E-state index contributed by atoms with van der Waals surface area (Å²) in [4.78, 5) is 18.2. The van der Waals surface area contributed by atoms with Crippen molar-refractivity contribution in [2.45, 2.75) is 55.6 Å². The number of carbonyl (C=O) groups excluding carboxylic acids is 1. The van der Waals surface area contributed by atoms with Crippen molar-refractivity contribution in [1.29, 1.82) is 0 Å². The third-order valence-electron chi connectivity index (χ3n) is 8.23. The van der Waals surface area contributed by atoms with Crippen molar-refractivity contribution >= 4 is 39.1 Å². The molecule has 0 saturated carbocycles. The van der Waals surface area contributed by atoms with Crippen LogP contribution in [0.5, 0.6) is 0 Å². The van der Waals surface area contributed by atoms with Crippen LogP contribution in [0.15, 0.2) is 71.6 Å². The number of amides is 1. The highest BCUT2D eigenvalue weighted by Crippen LogP contribution is 2.40. The zero-order chi connectivity index (χ0) is 28.4. The van der Waals surface area contributed by atoms with Crippen molar-refractivity contribution < 1.29 is 13.2 Å². The second-order valence-electron chi connectivity index (χ2n) is 10.8. The van der Waals surface area contributed by atoms with Crippen molar-refractivity contribution in [1.82, 2.24) is 14.1 Å². The van der Waals surface area contributed by atoms with E-state index in [1.165, 1.54) is 4.31 Å². The van der Waals surface area contributed by atoms with Gasteiger partial charge >= 0.3 is 0 Å². The van der Waals surface area contributed by atoms with Gasteiger partial charge in [0.2, 0.25) is 15.9 Å². The minimum atomic E-state index is -3.74. The average Bonchev–Trinajstić information content (AvgIpc) is 3.49. The molecule has 1 heterocycles. The molecule has 1 fully saturated rings. The van der Waals surface area contributed by atoms with Crippen LogP contribution in [-0.4, -0.2) is 61.7 Å². The Hall–Kier alpha value is -2.42. The number of carbonyl (C=O) groups is 1. The maximum absolute atomic E-state index is 13.7. The fourth-order valence-corrected chi connectivity index (χ4v) is 7.55. The lowest BCUT2D eigenvalue weighted by molar-refractivity contribution is -0.133. The molecular formula is C31H35Cl2N3O3S. The quantitative estimate of drug-likeness (QED) is 0.320. The number of aryl methyl sites for hydroxylation is 1. The van der Waals surface area contributed by atoms with Gasteiger partial charge < -0.3 is 4.90 Å². The highest BCUT2D eigenvalue weighted by Gasteiger charge is 2.39. The van der Waals surface area contributed by atoms with Gasteiger partial charge in [-0.2, -0.15) is 4.31 Å². The monoisotopic (exact) mass is 599 g/mol. The number of hydrogen-bond donors (Lipinski definition) is 0. The summed E-state index contributed by atoms with van der Waals surface area (Å²) in [7, 11) is -0.296. The van der Waals surface area contributed by atoms with Crippen molar-refractivity contribution in [3.05, 3.63) is 99.0 Å². The first kappa shape index (κ1) is 29.1. The molecule has 0 N–H and O–H groups in total. The van der Waals surface area contributed by atoms with Crippen LogP contribution in [0, 0.1) is 0 Å². The van der Waals surface area contributed by atoms with E-state index >= 15 is 0 Å². The molecule has 3 aromatic carbocycles. The minimum absolute atomic E-state index is 0.0464. The Kier molecular flexibility index (Phi) is 8.88. The van der Waals surface area contributed by atoms with Gasteiger partial charge in [0.25, 0.3) is 0 Å². The Balaban J connectivity index is 1.47. The van der Waals surface area contributed by atoms with Crippen LogP contribution in [0.4, 0.5) is 0 Å². The summed E-state index contributed by atoms with van der Waals surface area (Å²) in [6, 6.07) is 20.1. The second-order valence-corrected chi connectivity index (χ2v) is 13.7. The predicted molar refractivity (Wildman–Crippen MR) is 160 cm³/mol. The Labute approximate surface area is 247 Å². The van der Waals surface area contributed by atoms with Crippen molar-refractivity contribution in [3.63, 3.8) is 0 Å². The van der Waals surface area contributed by atoms with Crippen LogP contribution in [-0.2, 0) is 34.2 Å². The van der Waals surface area contributed by atoms with E-state index in [1.54, 1.807) is 25.2 Å². The van der Waals surface area contributed by atoms with E-state index < -0.39 is 10.0 Å². The number of likely N-dealkylation sites (N-methyl/N-ethyl adjacent to an activating group) is 1. The van der Waals surface area contributed by atoms with Crippen LogP contribution in [0.25, 0.3) is 0 Å². The molecule has 2 atom stereocenters. The number of likely N-dealkylation sites (tertiary alicyclic amines) is 1. The van der Waals surface area contributed by atoms with Gasteiger partial charge in [0.15, 0.2) is 0 Å². The van der Waals surface area contributed by atoms with E-state index in [0.29, 0.717) is 10.0 Å². The Bertz CT molecular complexity index is 1480. The van der Waals surface area contributed by atoms with E-state index in [2.05, 4.69) is 4.90 Å². The highest BCUT2D eigenvalue weighted by molar-refractivity contribution is 7.89. The molecule has 0 unspecified atom stereocenters. The summed E-state index contributed by atoms with van der Waals surface area (Å²) in [5, 5.41) is 0.870. The fourth-order valence-electron chi connectivity index (χ4n) is 6.04. The maximum atomic E-state index is 13.7. The molecule has 2 aliphatic rings. The molecule has 1 aliphatic carbocycles. The fraction of sp³-hybridized carbons (Fsp3) is 0.387. The molecular weight excluding hydrogens is 565 g/mol. The topological polar surface area (TPSA) is 60.9 Å². The zero-order valence-electron chi connectivity index (χ0n) is 22.9. The molecule has 1 saturated heterocycles. The molecule has 0 bridgehead atoms. The van der Waals surface area contributed by atoms with Gasteiger partial charge in [-0.3, -0.25) is 9.69 Å². The largest absolute Gasteiger partial charge is 0.337 e. The molecule has 40 heavy (non-hydrogen) atoms. The first-order chi connectivity index (χ1) is 19.1. The van der Waals surface area contributed by atoms with Crippen LogP contribution in [0.1, 0.15) is 47.6 Å². The van der Waals surface area contributed by atoms with Crippen molar-refractivity contribution in [2.75, 3.05) is 27.2 Å². The van der Waals surface area contributed by atoms with Gasteiger partial charge in [-0.15, -0.1) is 0 Å². The van der Waals surface area contributed by atoms with Gasteiger partial charge in [0.1, 0.15) is 0 Å². The summed E-state index contributed by atoms with van der Waals surface area (Å²) < 4.78 is 28.8. The minimum Gasteiger partial charge on any atom is -0.337 e. The number of rotatable bonds is 8. The van der Waals surface area contributed by atoms with Crippen LogP contribution in [0.2, 0.25) is 10.0 Å². The van der Waals surface area contributed by atoms with Gasteiger partial charge in [-0.25, -0.2) is 8.42 Å². The van der Waals surface area contributed by atoms with E-state index in [9.17, 15) is 13.2 Å². The lowest BCUT2D eigenvalue weighted by atomic mass is 9.82. The second kappa shape index (κ2) is 12.2. The van der Waals surface area contributed by atoms with Gasteiger partial charge in [0, 0.05) is 26.7 Å². The molecule has 1 amide bonds. The standard InChI is InChI=1S/C31H35Cl2N3O3S/c1-34(21-22-8-4-3-5-9-22)40(38,39)25-13-11-24-12-15-29(36-16-6-7-17-36)31(26(24)20-25)35(2)30(37)19-23-10-14-27(32)28(33)18-23/h3-5,8-11,13-14,18,20,29,31H,6-7,12,15-17,19,21H2,1-2H3/t29-,31-/m1/s1. The average molecular weight is 601 g/mol. The Morgan fingerprint density at radius 2 is 1.65 bits per heavy atom. The van der Waals surface area contributed by atoms with Gasteiger partial charge in [0.05, 0.1) is 27.4 Å². The molecule has 5 rings (SSSR count). The predicted octanol–water partition coefficient (Wildman–Crippen LogP) is 5.97.